The summed E-state index contributed by atoms with van der Waals surface area (Å²) in [5, 5.41) is 3.67. The summed E-state index contributed by atoms with van der Waals surface area (Å²) in [6.45, 7) is 0. The summed E-state index contributed by atoms with van der Waals surface area (Å²) in [4.78, 5) is 12.1. The Labute approximate surface area is 119 Å². The van der Waals surface area contributed by atoms with Gasteiger partial charge in [-0.1, -0.05) is 36.9 Å². The predicted molar refractivity (Wildman–Crippen MR) is 76.7 cm³/mol. The molecule has 0 aromatic heterocycles. The van der Waals surface area contributed by atoms with Crippen molar-refractivity contribution in [3.8, 4) is 5.75 Å². The minimum atomic E-state index is 0.0262. The predicted octanol–water partition coefficient (Wildman–Crippen LogP) is 3.34. The topological polar surface area (TPSA) is 38.3 Å². The number of hydrogen-bond donors (Lipinski definition) is 1. The van der Waals surface area contributed by atoms with E-state index in [1.54, 1.807) is 13.2 Å². The average Bonchev–Trinajstić information content (AvgIpc) is 2.42. The van der Waals surface area contributed by atoms with Crippen molar-refractivity contribution in [3.63, 3.8) is 0 Å². The van der Waals surface area contributed by atoms with Crippen LogP contribution >= 0.6 is 11.6 Å². The van der Waals surface area contributed by atoms with Gasteiger partial charge in [-0.15, -0.1) is 0 Å². The summed E-state index contributed by atoms with van der Waals surface area (Å²) in [5.74, 6) is 0.699. The Morgan fingerprint density at radius 2 is 2.11 bits per heavy atom. The van der Waals surface area contributed by atoms with Crippen molar-refractivity contribution < 1.29 is 9.53 Å². The Kier molecular flexibility index (Phi) is 5.08. The van der Waals surface area contributed by atoms with Gasteiger partial charge >= 0.3 is 0 Å². The molecule has 0 bridgehead atoms. The van der Waals surface area contributed by atoms with Crippen molar-refractivity contribution in [2.45, 2.75) is 44.6 Å². The van der Waals surface area contributed by atoms with E-state index in [0.29, 0.717) is 16.8 Å². The Bertz CT molecular complexity index is 442. The van der Waals surface area contributed by atoms with Gasteiger partial charge < -0.3 is 10.1 Å². The molecule has 104 valence electrons. The summed E-state index contributed by atoms with van der Waals surface area (Å²) in [6.07, 6.45) is 6.15. The van der Waals surface area contributed by atoms with E-state index in [1.807, 2.05) is 12.1 Å². The van der Waals surface area contributed by atoms with E-state index in [0.717, 1.165) is 18.4 Å². The normalized spacial score (nSPS) is 16.1. The number of nitrogens with one attached hydrogen (secondary N) is 1. The van der Waals surface area contributed by atoms with Crippen molar-refractivity contribution in [3.05, 3.63) is 28.8 Å². The lowest BCUT2D eigenvalue weighted by Gasteiger charge is -2.23. The zero-order valence-corrected chi connectivity index (χ0v) is 12.0. The number of carbonyl (C=O) groups is 1. The van der Waals surface area contributed by atoms with Crippen LogP contribution in [0.4, 0.5) is 0 Å². The van der Waals surface area contributed by atoms with Crippen molar-refractivity contribution in [1.82, 2.24) is 5.32 Å². The molecule has 1 aliphatic carbocycles. The van der Waals surface area contributed by atoms with Crippen LogP contribution in [0.25, 0.3) is 0 Å². The highest BCUT2D eigenvalue weighted by molar-refractivity contribution is 6.31. The van der Waals surface area contributed by atoms with Gasteiger partial charge in [-0.05, 0) is 25.0 Å². The first-order valence-electron chi connectivity index (χ1n) is 6.81. The standard InChI is InChI=1S/C15H20ClNO2/c1-19-14-9-5-8-13(16)12(14)10-15(18)17-11-6-3-2-4-7-11/h5,8-9,11H,2-4,6-7,10H2,1H3,(H,17,18). The van der Waals surface area contributed by atoms with E-state index in [4.69, 9.17) is 16.3 Å². The lowest BCUT2D eigenvalue weighted by Crippen LogP contribution is -2.37. The quantitative estimate of drug-likeness (QED) is 0.919. The monoisotopic (exact) mass is 281 g/mol. The molecule has 0 aliphatic heterocycles. The Morgan fingerprint density at radius 1 is 1.37 bits per heavy atom. The zero-order valence-electron chi connectivity index (χ0n) is 11.2. The van der Waals surface area contributed by atoms with Crippen LogP contribution in [0, 0.1) is 0 Å². The number of hydrogen-bond acceptors (Lipinski definition) is 2. The van der Waals surface area contributed by atoms with Crippen LogP contribution in [-0.2, 0) is 11.2 Å². The van der Waals surface area contributed by atoms with Gasteiger partial charge in [-0.3, -0.25) is 4.79 Å². The molecule has 1 N–H and O–H groups in total. The third-order valence-corrected chi connectivity index (χ3v) is 3.96. The number of halogens is 1. The fourth-order valence-electron chi connectivity index (χ4n) is 2.59. The molecule has 0 atom stereocenters. The van der Waals surface area contributed by atoms with Gasteiger partial charge in [0.15, 0.2) is 0 Å². The average molecular weight is 282 g/mol. The third kappa shape index (κ3) is 3.87. The highest BCUT2D eigenvalue weighted by Crippen LogP contribution is 2.27. The second kappa shape index (κ2) is 6.80. The highest BCUT2D eigenvalue weighted by Gasteiger charge is 2.18. The molecule has 1 amide bonds. The number of ether oxygens (including phenoxy) is 1. The molecule has 1 aliphatic rings. The molecular weight excluding hydrogens is 262 g/mol. The van der Waals surface area contributed by atoms with E-state index >= 15 is 0 Å². The van der Waals surface area contributed by atoms with E-state index < -0.39 is 0 Å². The molecule has 2 rings (SSSR count). The highest BCUT2D eigenvalue weighted by atomic mass is 35.5. The molecular formula is C15H20ClNO2. The van der Waals surface area contributed by atoms with E-state index in [1.165, 1.54) is 19.3 Å². The van der Waals surface area contributed by atoms with Crippen LogP contribution in [0.1, 0.15) is 37.7 Å². The Balaban J connectivity index is 1.98. The van der Waals surface area contributed by atoms with Gasteiger partial charge in [-0.2, -0.15) is 0 Å². The minimum absolute atomic E-state index is 0.0262. The van der Waals surface area contributed by atoms with E-state index in [2.05, 4.69) is 5.32 Å². The van der Waals surface area contributed by atoms with Crippen LogP contribution in [0.3, 0.4) is 0 Å². The summed E-state index contributed by atoms with van der Waals surface area (Å²) in [6, 6.07) is 5.77. The van der Waals surface area contributed by atoms with E-state index in [9.17, 15) is 4.79 Å². The van der Waals surface area contributed by atoms with Crippen molar-refractivity contribution in [1.29, 1.82) is 0 Å². The van der Waals surface area contributed by atoms with Gasteiger partial charge in [0.05, 0.1) is 13.5 Å². The maximum atomic E-state index is 12.1. The zero-order chi connectivity index (χ0) is 13.7. The molecule has 0 unspecified atom stereocenters. The van der Waals surface area contributed by atoms with Crippen LogP contribution < -0.4 is 10.1 Å². The number of rotatable bonds is 4. The molecule has 4 heteroatoms. The first-order chi connectivity index (χ1) is 9.20. The van der Waals surface area contributed by atoms with Gasteiger partial charge in [0.2, 0.25) is 5.91 Å². The van der Waals surface area contributed by atoms with Crippen LogP contribution in [0.15, 0.2) is 18.2 Å². The molecule has 0 radical (unpaired) electrons. The summed E-state index contributed by atoms with van der Waals surface area (Å²) >= 11 is 6.13. The van der Waals surface area contributed by atoms with Crippen LogP contribution in [0.5, 0.6) is 5.75 Å². The molecule has 0 saturated heterocycles. The van der Waals surface area contributed by atoms with Crippen molar-refractivity contribution >= 4 is 17.5 Å². The summed E-state index contributed by atoms with van der Waals surface area (Å²) in [5.41, 5.74) is 0.764. The fraction of sp³-hybridized carbons (Fsp3) is 0.533. The maximum Gasteiger partial charge on any atom is 0.224 e. The molecule has 0 spiro atoms. The molecule has 1 saturated carbocycles. The second-order valence-corrected chi connectivity index (χ2v) is 5.41. The second-order valence-electron chi connectivity index (χ2n) is 5.00. The van der Waals surface area contributed by atoms with Gasteiger partial charge in [0.1, 0.15) is 5.75 Å². The minimum Gasteiger partial charge on any atom is -0.496 e. The number of amides is 1. The van der Waals surface area contributed by atoms with Gasteiger partial charge in [-0.25, -0.2) is 0 Å². The summed E-state index contributed by atoms with van der Waals surface area (Å²) in [7, 11) is 1.59. The van der Waals surface area contributed by atoms with Gasteiger partial charge in [0.25, 0.3) is 0 Å². The van der Waals surface area contributed by atoms with Crippen molar-refractivity contribution in [2.24, 2.45) is 0 Å². The fourth-order valence-corrected chi connectivity index (χ4v) is 2.82. The first kappa shape index (κ1) is 14.2. The van der Waals surface area contributed by atoms with Crippen LogP contribution in [-0.4, -0.2) is 19.1 Å². The molecule has 3 nitrogen and oxygen atoms in total. The van der Waals surface area contributed by atoms with E-state index in [-0.39, 0.29) is 12.3 Å². The first-order valence-corrected chi connectivity index (χ1v) is 7.19. The van der Waals surface area contributed by atoms with Crippen LogP contribution in [0.2, 0.25) is 5.02 Å². The third-order valence-electron chi connectivity index (χ3n) is 3.60. The number of carbonyl (C=O) groups excluding carboxylic acids is 1. The maximum absolute atomic E-state index is 12.1. The SMILES string of the molecule is COc1cccc(Cl)c1CC(=O)NC1CCCCC1. The lowest BCUT2D eigenvalue weighted by molar-refractivity contribution is -0.121. The molecule has 1 aromatic carbocycles. The van der Waals surface area contributed by atoms with Crippen molar-refractivity contribution in [2.75, 3.05) is 7.11 Å². The lowest BCUT2D eigenvalue weighted by atomic mass is 9.95. The molecule has 1 fully saturated rings. The van der Waals surface area contributed by atoms with Gasteiger partial charge in [0, 0.05) is 16.6 Å². The molecule has 1 aromatic rings. The smallest absolute Gasteiger partial charge is 0.224 e. The number of benzene rings is 1. The molecule has 0 heterocycles. The largest absolute Gasteiger partial charge is 0.496 e. The Hall–Kier alpha value is -1.22. The Morgan fingerprint density at radius 3 is 2.79 bits per heavy atom. The summed E-state index contributed by atoms with van der Waals surface area (Å²) < 4.78 is 5.25. The molecule has 19 heavy (non-hydrogen) atoms. The number of methoxy groups -OCH3 is 1.